The third-order valence-corrected chi connectivity index (χ3v) is 8.30. The molecule has 6 heteroatoms. The Morgan fingerprint density at radius 2 is 1.49 bits per heavy atom. The maximum atomic E-state index is 6.19. The molecule has 0 saturated heterocycles. The first-order chi connectivity index (χ1) is 22.4. The molecular formula is C41H32IrN4O-2. The number of furan rings is 1. The maximum Gasteiger partial charge on any atom is 0.216 e. The summed E-state index contributed by atoms with van der Waals surface area (Å²) in [5, 5.41) is 3.19. The summed E-state index contributed by atoms with van der Waals surface area (Å²) in [6.07, 6.45) is 5.63. The molecule has 0 fully saturated rings. The summed E-state index contributed by atoms with van der Waals surface area (Å²) in [7, 11) is 0. The van der Waals surface area contributed by atoms with Gasteiger partial charge in [-0.25, -0.2) is 4.98 Å². The predicted molar refractivity (Wildman–Crippen MR) is 187 cm³/mol. The van der Waals surface area contributed by atoms with Crippen molar-refractivity contribution in [2.45, 2.75) is 34.6 Å². The minimum absolute atomic E-state index is 0. The van der Waals surface area contributed by atoms with Crippen molar-refractivity contribution in [1.29, 1.82) is 0 Å². The van der Waals surface area contributed by atoms with Gasteiger partial charge >= 0.3 is 0 Å². The van der Waals surface area contributed by atoms with Crippen LogP contribution in [0.15, 0.2) is 108 Å². The molecular weight excluding hydrogens is 757 g/mol. The van der Waals surface area contributed by atoms with Gasteiger partial charge in [-0.3, -0.25) is 4.98 Å². The monoisotopic (exact) mass is 789 g/mol. The molecule has 5 heterocycles. The Labute approximate surface area is 288 Å². The van der Waals surface area contributed by atoms with E-state index in [9.17, 15) is 0 Å². The number of hydrogen-bond donors (Lipinski definition) is 0. The topological polar surface area (TPSA) is 64.7 Å². The van der Waals surface area contributed by atoms with Crippen LogP contribution in [0, 0.1) is 46.8 Å². The Morgan fingerprint density at radius 1 is 0.660 bits per heavy atom. The quantitative estimate of drug-likeness (QED) is 0.167. The number of benzene rings is 3. The van der Waals surface area contributed by atoms with E-state index in [-0.39, 0.29) is 20.1 Å². The zero-order valence-electron chi connectivity index (χ0n) is 26.8. The number of hydrogen-bond acceptors (Lipinski definition) is 5. The van der Waals surface area contributed by atoms with Crippen LogP contribution in [0.2, 0.25) is 0 Å². The molecule has 0 bridgehead atoms. The number of fused-ring (bicyclic) bond motifs is 4. The second-order valence-electron chi connectivity index (χ2n) is 11.7. The van der Waals surface area contributed by atoms with Crippen LogP contribution in [0.4, 0.5) is 0 Å². The standard InChI is InChI=1S/C28H20N3O.C13H12N.Ir/c1-16-15-30-26(14-24(16)19-11-12-25-20(18(19)3)8-5-13-29-25)23-7-4-6-21-22-10-9-17(2)31-28(22)32-27(21)23;1-10-3-6-12(7-4-10)13-8-5-11(2)9-14-13;/h4-6,8-15H,1-3H3;3-6,8-9H,1-2H3;/q2*-1;. The molecule has 0 aliphatic carbocycles. The van der Waals surface area contributed by atoms with Crippen molar-refractivity contribution in [3.8, 4) is 33.6 Å². The molecule has 0 N–H and O–H groups in total. The van der Waals surface area contributed by atoms with Gasteiger partial charge in [0.2, 0.25) is 5.71 Å². The van der Waals surface area contributed by atoms with Gasteiger partial charge in [0.25, 0.3) is 0 Å². The van der Waals surface area contributed by atoms with Crippen LogP contribution < -0.4 is 0 Å². The molecule has 8 aromatic rings. The minimum atomic E-state index is 0. The van der Waals surface area contributed by atoms with Crippen LogP contribution in [-0.4, -0.2) is 19.9 Å². The summed E-state index contributed by atoms with van der Waals surface area (Å²) in [5.74, 6) is 0. The molecule has 5 aromatic heterocycles. The minimum Gasteiger partial charge on any atom is -0.486 e. The van der Waals surface area contributed by atoms with Crippen molar-refractivity contribution in [2.24, 2.45) is 0 Å². The SMILES string of the molecule is Cc1c[c-]c(-c2ccc(C)cn2)cc1.Cc1ccc2c(n1)oc1c(-c3cc(-c4ccc5ncccc5c4C)c(C)cn3)[c-]ccc12.[Ir]. The van der Waals surface area contributed by atoms with Crippen molar-refractivity contribution in [2.75, 3.05) is 0 Å². The summed E-state index contributed by atoms with van der Waals surface area (Å²) in [6.45, 7) is 10.3. The first kappa shape index (κ1) is 31.9. The van der Waals surface area contributed by atoms with Gasteiger partial charge in [0, 0.05) is 55.2 Å². The summed E-state index contributed by atoms with van der Waals surface area (Å²) in [6, 6.07) is 35.3. The Morgan fingerprint density at radius 3 is 2.28 bits per heavy atom. The van der Waals surface area contributed by atoms with Crippen LogP contribution in [0.5, 0.6) is 0 Å². The number of aryl methyl sites for hydroxylation is 5. The third kappa shape index (κ3) is 6.35. The smallest absolute Gasteiger partial charge is 0.216 e. The van der Waals surface area contributed by atoms with Gasteiger partial charge in [0.05, 0.1) is 11.1 Å². The molecule has 0 aliphatic rings. The zero-order chi connectivity index (χ0) is 31.8. The van der Waals surface area contributed by atoms with Crippen molar-refractivity contribution in [3.63, 3.8) is 0 Å². The Kier molecular flexibility index (Phi) is 9.08. The second-order valence-corrected chi connectivity index (χ2v) is 11.7. The van der Waals surface area contributed by atoms with Gasteiger partial charge < -0.3 is 14.4 Å². The van der Waals surface area contributed by atoms with E-state index in [4.69, 9.17) is 9.40 Å². The number of pyridine rings is 4. The molecule has 0 aliphatic heterocycles. The summed E-state index contributed by atoms with van der Waals surface area (Å²) < 4.78 is 6.19. The number of aromatic nitrogens is 4. The molecule has 47 heavy (non-hydrogen) atoms. The Balaban J connectivity index is 0.000000217. The van der Waals surface area contributed by atoms with E-state index in [0.29, 0.717) is 5.71 Å². The Bertz CT molecular complexity index is 2320. The number of nitrogens with zero attached hydrogens (tertiary/aromatic N) is 4. The zero-order valence-corrected chi connectivity index (χ0v) is 29.2. The average molecular weight is 789 g/mol. The second kappa shape index (κ2) is 13.4. The molecule has 0 spiro atoms. The normalized spacial score (nSPS) is 10.9. The summed E-state index contributed by atoms with van der Waals surface area (Å²) in [4.78, 5) is 18.1. The fraction of sp³-hybridized carbons (Fsp3) is 0.122. The van der Waals surface area contributed by atoms with Gasteiger partial charge in [0.1, 0.15) is 0 Å². The molecule has 8 rings (SSSR count). The van der Waals surface area contributed by atoms with Crippen LogP contribution in [0.3, 0.4) is 0 Å². The van der Waals surface area contributed by atoms with Gasteiger partial charge in [-0.05, 0) is 91.2 Å². The predicted octanol–water partition coefficient (Wildman–Crippen LogP) is 10.1. The number of rotatable bonds is 3. The van der Waals surface area contributed by atoms with E-state index in [2.05, 4.69) is 90.3 Å². The summed E-state index contributed by atoms with van der Waals surface area (Å²) in [5.41, 5.74) is 14.1. The molecule has 0 atom stereocenters. The van der Waals surface area contributed by atoms with Crippen LogP contribution in [0.25, 0.3) is 66.6 Å². The molecule has 1 radical (unpaired) electrons. The average Bonchev–Trinajstić information content (AvgIpc) is 3.44. The van der Waals surface area contributed by atoms with Crippen molar-refractivity contribution < 1.29 is 24.5 Å². The van der Waals surface area contributed by atoms with Crippen LogP contribution >= 0.6 is 0 Å². The van der Waals surface area contributed by atoms with Crippen molar-refractivity contribution in [3.05, 3.63) is 144 Å². The van der Waals surface area contributed by atoms with Crippen molar-refractivity contribution >= 4 is 33.0 Å². The van der Waals surface area contributed by atoms with Gasteiger partial charge in [-0.2, -0.15) is 0 Å². The molecule has 0 unspecified atom stereocenters. The molecule has 0 saturated carbocycles. The van der Waals surface area contributed by atoms with E-state index in [0.717, 1.165) is 66.6 Å². The van der Waals surface area contributed by atoms with Gasteiger partial charge in [0.15, 0.2) is 0 Å². The molecule has 233 valence electrons. The van der Waals surface area contributed by atoms with Crippen LogP contribution in [-0.2, 0) is 20.1 Å². The first-order valence-electron chi connectivity index (χ1n) is 15.3. The van der Waals surface area contributed by atoms with E-state index in [1.807, 2.05) is 74.9 Å². The van der Waals surface area contributed by atoms with E-state index in [1.54, 1.807) is 0 Å². The largest absolute Gasteiger partial charge is 0.486 e. The molecule has 0 amide bonds. The fourth-order valence-electron chi connectivity index (χ4n) is 5.74. The molecule has 5 nitrogen and oxygen atoms in total. The first-order valence-corrected chi connectivity index (χ1v) is 15.3. The Hall–Kier alpha value is -5.03. The van der Waals surface area contributed by atoms with Crippen LogP contribution in [0.1, 0.15) is 27.9 Å². The van der Waals surface area contributed by atoms with E-state index < -0.39 is 0 Å². The van der Waals surface area contributed by atoms with E-state index in [1.165, 1.54) is 22.3 Å². The van der Waals surface area contributed by atoms with Gasteiger partial charge in [-0.15, -0.1) is 53.6 Å². The maximum absolute atomic E-state index is 6.19. The summed E-state index contributed by atoms with van der Waals surface area (Å²) >= 11 is 0. The van der Waals surface area contributed by atoms with E-state index >= 15 is 0 Å². The van der Waals surface area contributed by atoms with Crippen molar-refractivity contribution in [1.82, 2.24) is 19.9 Å². The van der Waals surface area contributed by atoms with Gasteiger partial charge in [-0.1, -0.05) is 48.2 Å². The molecule has 3 aromatic carbocycles. The fourth-order valence-corrected chi connectivity index (χ4v) is 5.74. The third-order valence-electron chi connectivity index (χ3n) is 8.30.